The number of hydrogen-bond donors (Lipinski definition) is 0. The zero-order chi connectivity index (χ0) is 10.9. The van der Waals surface area contributed by atoms with Gasteiger partial charge in [-0.15, -0.1) is 5.10 Å². The van der Waals surface area contributed by atoms with Crippen LogP contribution < -0.4 is 5.01 Å². The van der Waals surface area contributed by atoms with Crippen molar-refractivity contribution in [3.05, 3.63) is 30.3 Å². The first-order chi connectivity index (χ1) is 7.07. The second-order valence-electron chi connectivity index (χ2n) is 3.15. The van der Waals surface area contributed by atoms with Crippen molar-refractivity contribution in [3.63, 3.8) is 0 Å². The average Bonchev–Trinajstić information content (AvgIpc) is 2.67. The first kappa shape index (κ1) is 9.97. The molecule has 80 valence electrons. The van der Waals surface area contributed by atoms with E-state index in [1.165, 1.54) is 5.01 Å². The molecule has 1 aliphatic rings. The van der Waals surface area contributed by atoms with Crippen LogP contribution in [0.1, 0.15) is 0 Å². The van der Waals surface area contributed by atoms with Crippen molar-refractivity contribution >= 4 is 20.8 Å². The van der Waals surface area contributed by atoms with Crippen LogP contribution in [0, 0.1) is 0 Å². The minimum absolute atomic E-state index is 0.131. The molecule has 2 rings (SSSR count). The molecule has 1 heterocycles. The van der Waals surface area contributed by atoms with E-state index in [1.54, 1.807) is 0 Å². The molecule has 0 aromatic heterocycles. The normalized spacial score (nSPS) is 16.1. The van der Waals surface area contributed by atoms with E-state index in [2.05, 4.69) is 5.10 Å². The summed E-state index contributed by atoms with van der Waals surface area (Å²) in [4.78, 5) is 0. The molecule has 0 atom stereocenters. The molecule has 1 aliphatic heterocycles. The van der Waals surface area contributed by atoms with Crippen LogP contribution in [0.15, 0.2) is 35.4 Å². The van der Waals surface area contributed by atoms with E-state index in [0.29, 0.717) is 0 Å². The third kappa shape index (κ3) is 2.10. The van der Waals surface area contributed by atoms with E-state index in [1.807, 2.05) is 30.3 Å². The zero-order valence-corrected chi connectivity index (χ0v) is 8.94. The monoisotopic (exact) mass is 226 g/mol. The van der Waals surface area contributed by atoms with Gasteiger partial charge in [0, 0.05) is 6.26 Å². The van der Waals surface area contributed by atoms with Crippen molar-refractivity contribution in [2.24, 2.45) is 5.10 Å². The highest BCUT2D eigenvalue weighted by Crippen LogP contribution is 2.18. The summed E-state index contributed by atoms with van der Waals surface area (Å²) >= 11 is 0. The number of nitrogens with zero attached hydrogens (tertiary/aromatic N) is 2. The first-order valence-electron chi connectivity index (χ1n) is 4.31. The Morgan fingerprint density at radius 2 is 2.00 bits per heavy atom. The van der Waals surface area contributed by atoms with Gasteiger partial charge in [0.1, 0.15) is 0 Å². The maximum Gasteiger partial charge on any atom is 0.328 e. The molecule has 0 saturated heterocycles. The van der Waals surface area contributed by atoms with Crippen molar-refractivity contribution in [1.82, 2.24) is 0 Å². The van der Waals surface area contributed by atoms with E-state index in [-0.39, 0.29) is 12.0 Å². The van der Waals surface area contributed by atoms with Crippen molar-refractivity contribution in [2.45, 2.75) is 0 Å². The quantitative estimate of drug-likeness (QED) is 0.710. The van der Waals surface area contributed by atoms with Crippen LogP contribution in [0.25, 0.3) is 0 Å². The van der Waals surface area contributed by atoms with E-state index in [4.69, 9.17) is 4.74 Å². The summed E-state index contributed by atoms with van der Waals surface area (Å²) in [5, 5.41) is 5.14. The van der Waals surface area contributed by atoms with Gasteiger partial charge >= 0.3 is 5.23 Å². The van der Waals surface area contributed by atoms with Gasteiger partial charge in [0.2, 0.25) is 9.84 Å². The minimum Gasteiger partial charge on any atom is -0.445 e. The molecule has 1 aromatic carbocycles. The van der Waals surface area contributed by atoms with Crippen molar-refractivity contribution in [2.75, 3.05) is 18.0 Å². The third-order valence-electron chi connectivity index (χ3n) is 1.88. The lowest BCUT2D eigenvalue weighted by molar-refractivity contribution is 0.343. The Morgan fingerprint density at radius 1 is 1.33 bits per heavy atom. The van der Waals surface area contributed by atoms with Gasteiger partial charge in [-0.05, 0) is 12.1 Å². The number of para-hydroxylation sites is 1. The SMILES string of the molecule is CS(=O)(=O)C1=NN(c2ccccc2)CO1. The summed E-state index contributed by atoms with van der Waals surface area (Å²) in [5.74, 6) is 0. The molecule has 0 unspecified atom stereocenters. The zero-order valence-electron chi connectivity index (χ0n) is 8.12. The van der Waals surface area contributed by atoms with Gasteiger partial charge < -0.3 is 4.74 Å². The molecule has 0 saturated carbocycles. The smallest absolute Gasteiger partial charge is 0.328 e. The number of anilines is 1. The van der Waals surface area contributed by atoms with Crippen molar-refractivity contribution in [3.8, 4) is 0 Å². The number of ether oxygens (including phenoxy) is 1. The van der Waals surface area contributed by atoms with Gasteiger partial charge in [0.05, 0.1) is 5.69 Å². The van der Waals surface area contributed by atoms with Crippen LogP contribution in [0.3, 0.4) is 0 Å². The fourth-order valence-corrected chi connectivity index (χ4v) is 1.70. The summed E-state index contributed by atoms with van der Waals surface area (Å²) in [6.45, 7) is 0.131. The van der Waals surface area contributed by atoms with Gasteiger partial charge in [-0.25, -0.2) is 13.4 Å². The van der Waals surface area contributed by atoms with Gasteiger partial charge in [-0.3, -0.25) is 0 Å². The molecule has 0 aliphatic carbocycles. The number of rotatable bonds is 1. The maximum absolute atomic E-state index is 11.1. The fraction of sp³-hybridized carbons (Fsp3) is 0.222. The van der Waals surface area contributed by atoms with Crippen LogP contribution in [-0.2, 0) is 14.6 Å². The lowest BCUT2D eigenvalue weighted by Crippen LogP contribution is -2.13. The molecule has 6 heteroatoms. The van der Waals surface area contributed by atoms with Gasteiger partial charge in [0.25, 0.3) is 0 Å². The number of hydrazone groups is 1. The highest BCUT2D eigenvalue weighted by Gasteiger charge is 2.24. The second kappa shape index (κ2) is 3.54. The average molecular weight is 226 g/mol. The highest BCUT2D eigenvalue weighted by atomic mass is 32.2. The topological polar surface area (TPSA) is 59.0 Å². The van der Waals surface area contributed by atoms with Crippen LogP contribution in [0.5, 0.6) is 0 Å². The summed E-state index contributed by atoms with van der Waals surface area (Å²) in [7, 11) is -3.36. The van der Waals surface area contributed by atoms with Crippen LogP contribution >= 0.6 is 0 Å². The fourth-order valence-electron chi connectivity index (χ4n) is 1.19. The van der Waals surface area contributed by atoms with E-state index in [9.17, 15) is 8.42 Å². The molecule has 1 aromatic rings. The van der Waals surface area contributed by atoms with Gasteiger partial charge in [0.15, 0.2) is 6.73 Å². The number of sulfone groups is 1. The second-order valence-corrected chi connectivity index (χ2v) is 5.04. The summed E-state index contributed by atoms with van der Waals surface area (Å²) in [6, 6.07) is 9.24. The van der Waals surface area contributed by atoms with E-state index < -0.39 is 9.84 Å². The molecule has 0 radical (unpaired) electrons. The van der Waals surface area contributed by atoms with E-state index >= 15 is 0 Å². The molecular weight excluding hydrogens is 216 g/mol. The number of hydrogen-bond acceptors (Lipinski definition) is 5. The molecule has 0 spiro atoms. The summed E-state index contributed by atoms with van der Waals surface area (Å²) in [6.07, 6.45) is 1.07. The van der Waals surface area contributed by atoms with Crippen LogP contribution in [-0.4, -0.2) is 26.6 Å². The van der Waals surface area contributed by atoms with Gasteiger partial charge in [-0.1, -0.05) is 18.2 Å². The predicted octanol–water partition coefficient (Wildman–Crippen LogP) is 0.796. The Labute approximate surface area is 87.9 Å². The molecule has 0 bridgehead atoms. The molecular formula is C9H10N2O3S. The van der Waals surface area contributed by atoms with Gasteiger partial charge in [-0.2, -0.15) is 0 Å². The first-order valence-corrected chi connectivity index (χ1v) is 6.20. The largest absolute Gasteiger partial charge is 0.445 e. The summed E-state index contributed by atoms with van der Waals surface area (Å²) in [5.41, 5.74) is 0.802. The lowest BCUT2D eigenvalue weighted by atomic mass is 10.3. The van der Waals surface area contributed by atoms with Crippen LogP contribution in [0.4, 0.5) is 5.69 Å². The Hall–Kier alpha value is -1.56. The maximum atomic E-state index is 11.1. The molecule has 0 fully saturated rings. The van der Waals surface area contributed by atoms with Crippen LogP contribution in [0.2, 0.25) is 0 Å². The Morgan fingerprint density at radius 3 is 2.53 bits per heavy atom. The molecule has 0 N–H and O–H groups in total. The molecule has 0 amide bonds. The standard InChI is InChI=1S/C9H10N2O3S/c1-15(12,13)9-10-11(7-14-9)8-5-3-2-4-6-8/h2-6H,7H2,1H3. The van der Waals surface area contributed by atoms with Crippen molar-refractivity contribution < 1.29 is 13.2 Å². The Bertz CT molecular complexity index is 481. The highest BCUT2D eigenvalue weighted by molar-refractivity contribution is 8.05. The lowest BCUT2D eigenvalue weighted by Gasteiger charge is -2.09. The molecule has 15 heavy (non-hydrogen) atoms. The molecule has 5 nitrogen and oxygen atoms in total. The Kier molecular flexibility index (Phi) is 2.36. The van der Waals surface area contributed by atoms with E-state index in [0.717, 1.165) is 11.9 Å². The Balaban J connectivity index is 2.27. The minimum atomic E-state index is -3.36. The number of benzene rings is 1. The third-order valence-corrected chi connectivity index (χ3v) is 2.72. The summed E-state index contributed by atoms with van der Waals surface area (Å²) < 4.78 is 27.2. The predicted molar refractivity (Wildman–Crippen MR) is 57.2 cm³/mol. The van der Waals surface area contributed by atoms with Crippen molar-refractivity contribution in [1.29, 1.82) is 0 Å².